The smallest absolute Gasteiger partial charge is 0.0794 e. The van der Waals surface area contributed by atoms with E-state index in [2.05, 4.69) is 4.90 Å². The van der Waals surface area contributed by atoms with Crippen LogP contribution >= 0.6 is 0 Å². The van der Waals surface area contributed by atoms with Crippen molar-refractivity contribution in [1.29, 1.82) is 0 Å². The third-order valence-corrected chi connectivity index (χ3v) is 3.25. The maximum absolute atomic E-state index is 9.14. The summed E-state index contributed by atoms with van der Waals surface area (Å²) in [4.78, 5) is 2.39. The topological polar surface area (TPSA) is 49.5 Å². The summed E-state index contributed by atoms with van der Waals surface area (Å²) < 4.78 is 0. The second kappa shape index (κ2) is 3.32. The van der Waals surface area contributed by atoms with E-state index in [9.17, 15) is 0 Å². The van der Waals surface area contributed by atoms with Gasteiger partial charge in [-0.15, -0.1) is 0 Å². The molecule has 2 rings (SSSR count). The van der Waals surface area contributed by atoms with E-state index in [0.29, 0.717) is 0 Å². The lowest BCUT2D eigenvalue weighted by molar-refractivity contribution is -0.0237. The summed E-state index contributed by atoms with van der Waals surface area (Å²) in [6.45, 7) is 2.62. The van der Waals surface area contributed by atoms with E-state index in [-0.39, 0.29) is 6.10 Å². The fourth-order valence-electron chi connectivity index (χ4n) is 2.38. The minimum absolute atomic E-state index is 0.0538. The van der Waals surface area contributed by atoms with Crippen molar-refractivity contribution in [3.8, 4) is 0 Å². The summed E-state index contributed by atoms with van der Waals surface area (Å²) >= 11 is 0. The lowest BCUT2D eigenvalue weighted by atomic mass is 10.0. The van der Waals surface area contributed by atoms with Crippen LogP contribution in [0.1, 0.15) is 19.3 Å². The number of nitrogens with two attached hydrogens (primary N) is 1. The molecule has 3 nitrogen and oxygen atoms in total. The number of hydrogen-bond acceptors (Lipinski definition) is 3. The predicted octanol–water partition coefficient (Wildman–Crippen LogP) is -0.210. The summed E-state index contributed by atoms with van der Waals surface area (Å²) in [5, 5.41) is 9.14. The van der Waals surface area contributed by atoms with Crippen LogP contribution in [0.25, 0.3) is 0 Å². The Morgan fingerprint density at radius 3 is 2.58 bits per heavy atom. The molecule has 2 atom stereocenters. The Morgan fingerprint density at radius 1 is 1.33 bits per heavy atom. The zero-order valence-corrected chi connectivity index (χ0v) is 7.45. The van der Waals surface area contributed by atoms with Crippen molar-refractivity contribution < 1.29 is 5.11 Å². The average molecular weight is 170 g/mol. The molecule has 1 heterocycles. The van der Waals surface area contributed by atoms with E-state index >= 15 is 0 Å². The van der Waals surface area contributed by atoms with E-state index < -0.39 is 0 Å². The van der Waals surface area contributed by atoms with Crippen molar-refractivity contribution >= 4 is 0 Å². The van der Waals surface area contributed by atoms with Crippen LogP contribution in [-0.2, 0) is 0 Å². The molecule has 2 fully saturated rings. The van der Waals surface area contributed by atoms with Crippen molar-refractivity contribution in [1.82, 2.24) is 4.90 Å². The highest BCUT2D eigenvalue weighted by atomic mass is 16.3. The van der Waals surface area contributed by atoms with Gasteiger partial charge in [0, 0.05) is 19.1 Å². The molecule has 2 aliphatic rings. The maximum Gasteiger partial charge on any atom is 0.0794 e. The van der Waals surface area contributed by atoms with Crippen molar-refractivity contribution in [3.05, 3.63) is 0 Å². The second-order valence-corrected chi connectivity index (χ2v) is 4.18. The summed E-state index contributed by atoms with van der Waals surface area (Å²) in [6.07, 6.45) is 3.77. The van der Waals surface area contributed by atoms with Gasteiger partial charge in [-0.3, -0.25) is 4.90 Å². The summed E-state index contributed by atoms with van der Waals surface area (Å²) in [6, 6.07) is 0.724. The van der Waals surface area contributed by atoms with Crippen molar-refractivity contribution in [3.63, 3.8) is 0 Å². The molecule has 2 unspecified atom stereocenters. The van der Waals surface area contributed by atoms with Crippen LogP contribution in [0.4, 0.5) is 0 Å². The highest BCUT2D eigenvalue weighted by molar-refractivity contribution is 4.90. The Kier molecular flexibility index (Phi) is 2.35. The number of hydrogen-bond donors (Lipinski definition) is 2. The molecule has 3 heteroatoms. The molecule has 0 aromatic carbocycles. The maximum atomic E-state index is 9.14. The molecule has 1 saturated carbocycles. The van der Waals surface area contributed by atoms with Gasteiger partial charge < -0.3 is 10.8 Å². The number of rotatable bonds is 2. The Balaban J connectivity index is 1.76. The molecule has 0 aromatic rings. The van der Waals surface area contributed by atoms with Gasteiger partial charge in [0.05, 0.1) is 6.10 Å². The molecule has 1 aliphatic carbocycles. The third kappa shape index (κ3) is 1.49. The van der Waals surface area contributed by atoms with Crippen LogP contribution in [-0.4, -0.2) is 41.8 Å². The first-order chi connectivity index (χ1) is 5.79. The molecule has 0 spiro atoms. The van der Waals surface area contributed by atoms with Crippen LogP contribution < -0.4 is 5.73 Å². The molecular formula is C9H18N2O. The van der Waals surface area contributed by atoms with E-state index in [1.807, 2.05) is 0 Å². The number of aliphatic hydroxyl groups excluding tert-OH is 1. The van der Waals surface area contributed by atoms with Crippen LogP contribution in [0.3, 0.4) is 0 Å². The first-order valence-electron chi connectivity index (χ1n) is 4.91. The molecule has 12 heavy (non-hydrogen) atoms. The molecule has 1 aliphatic heterocycles. The van der Waals surface area contributed by atoms with Crippen LogP contribution in [0, 0.1) is 5.92 Å². The molecule has 1 saturated heterocycles. The average Bonchev–Trinajstić information content (AvgIpc) is 2.46. The zero-order chi connectivity index (χ0) is 8.55. The second-order valence-electron chi connectivity index (χ2n) is 4.18. The van der Waals surface area contributed by atoms with Crippen LogP contribution in [0.15, 0.2) is 0 Å². The quantitative estimate of drug-likeness (QED) is 0.603. The standard InChI is InChI=1S/C9H18N2O/c10-4-7-1-2-8(3-7)11-5-9(12)6-11/h7-9,12H,1-6,10H2. The lowest BCUT2D eigenvalue weighted by Gasteiger charge is -2.40. The highest BCUT2D eigenvalue weighted by Gasteiger charge is 2.35. The molecule has 3 N–H and O–H groups in total. The van der Waals surface area contributed by atoms with E-state index in [1.54, 1.807) is 0 Å². The summed E-state index contributed by atoms with van der Waals surface area (Å²) in [7, 11) is 0. The first kappa shape index (κ1) is 8.48. The largest absolute Gasteiger partial charge is 0.390 e. The van der Waals surface area contributed by atoms with Gasteiger partial charge in [-0.25, -0.2) is 0 Å². The molecule has 0 radical (unpaired) electrons. The Labute approximate surface area is 73.5 Å². The molecule has 0 amide bonds. The summed E-state index contributed by atoms with van der Waals surface area (Å²) in [5.41, 5.74) is 5.62. The number of β-amino-alcohol motifs (C(OH)–C–C–N with tert-alkyl or cyclic N) is 1. The van der Waals surface area contributed by atoms with E-state index in [0.717, 1.165) is 31.6 Å². The SMILES string of the molecule is NCC1CCC(N2CC(O)C2)C1. The van der Waals surface area contributed by atoms with Crippen LogP contribution in [0.5, 0.6) is 0 Å². The first-order valence-corrected chi connectivity index (χ1v) is 4.91. The molecule has 0 aromatic heterocycles. The normalized spacial score (nSPS) is 38.5. The van der Waals surface area contributed by atoms with Crippen molar-refractivity contribution in [2.24, 2.45) is 11.7 Å². The summed E-state index contributed by atoms with van der Waals surface area (Å²) in [5.74, 6) is 0.743. The van der Waals surface area contributed by atoms with Gasteiger partial charge in [0.15, 0.2) is 0 Å². The van der Waals surface area contributed by atoms with Crippen LogP contribution in [0.2, 0.25) is 0 Å². The van der Waals surface area contributed by atoms with Gasteiger partial charge in [-0.2, -0.15) is 0 Å². The Hall–Kier alpha value is -0.120. The lowest BCUT2D eigenvalue weighted by Crippen LogP contribution is -2.54. The molecular weight excluding hydrogens is 152 g/mol. The Morgan fingerprint density at radius 2 is 2.08 bits per heavy atom. The fourth-order valence-corrected chi connectivity index (χ4v) is 2.38. The van der Waals surface area contributed by atoms with Gasteiger partial charge in [-0.05, 0) is 31.7 Å². The zero-order valence-electron chi connectivity index (χ0n) is 7.45. The van der Waals surface area contributed by atoms with Crippen molar-refractivity contribution in [2.75, 3.05) is 19.6 Å². The van der Waals surface area contributed by atoms with Gasteiger partial charge >= 0.3 is 0 Å². The van der Waals surface area contributed by atoms with Gasteiger partial charge in [-0.1, -0.05) is 0 Å². The third-order valence-electron chi connectivity index (χ3n) is 3.25. The van der Waals surface area contributed by atoms with E-state index in [4.69, 9.17) is 10.8 Å². The monoisotopic (exact) mass is 170 g/mol. The van der Waals surface area contributed by atoms with Crippen molar-refractivity contribution in [2.45, 2.75) is 31.4 Å². The van der Waals surface area contributed by atoms with E-state index in [1.165, 1.54) is 19.3 Å². The van der Waals surface area contributed by atoms with Gasteiger partial charge in [0.25, 0.3) is 0 Å². The molecule has 70 valence electrons. The highest BCUT2D eigenvalue weighted by Crippen LogP contribution is 2.30. The fraction of sp³-hybridized carbons (Fsp3) is 1.00. The predicted molar refractivity (Wildman–Crippen MR) is 47.8 cm³/mol. The number of nitrogens with zero attached hydrogens (tertiary/aromatic N) is 1. The number of aliphatic hydroxyl groups is 1. The minimum atomic E-state index is -0.0538. The van der Waals surface area contributed by atoms with Gasteiger partial charge in [0.2, 0.25) is 0 Å². The Bertz CT molecular complexity index is 157. The minimum Gasteiger partial charge on any atom is -0.390 e. The van der Waals surface area contributed by atoms with Gasteiger partial charge in [0.1, 0.15) is 0 Å². The number of likely N-dealkylation sites (tertiary alicyclic amines) is 1. The molecule has 0 bridgehead atoms.